The van der Waals surface area contributed by atoms with Gasteiger partial charge in [-0.05, 0) is 38.2 Å². The molecule has 1 aromatic carbocycles. The van der Waals surface area contributed by atoms with Crippen LogP contribution in [0.2, 0.25) is 0 Å². The van der Waals surface area contributed by atoms with Crippen LogP contribution in [-0.4, -0.2) is 73.6 Å². The summed E-state index contributed by atoms with van der Waals surface area (Å²) in [6.07, 6.45) is 5.35. The third-order valence-electron chi connectivity index (χ3n) is 6.66. The monoisotopic (exact) mass is 526 g/mol. The molecule has 6 nitrogen and oxygen atoms in total. The van der Waals surface area contributed by atoms with Gasteiger partial charge in [-0.25, -0.2) is 0 Å². The Balaban J connectivity index is 0.00000256. The molecular formula is C23H35IN4O2. The Labute approximate surface area is 197 Å². The quantitative estimate of drug-likeness (QED) is 0.364. The first kappa shape index (κ1) is 23.3. The number of nitrogens with zero attached hydrogens (tertiary/aromatic N) is 3. The molecule has 30 heavy (non-hydrogen) atoms. The molecule has 1 aromatic rings. The Morgan fingerprint density at radius 1 is 1.13 bits per heavy atom. The van der Waals surface area contributed by atoms with Crippen LogP contribution in [0.15, 0.2) is 35.3 Å². The zero-order valence-corrected chi connectivity index (χ0v) is 20.3. The highest BCUT2D eigenvalue weighted by molar-refractivity contribution is 14.0. The van der Waals surface area contributed by atoms with Crippen molar-refractivity contribution in [2.24, 2.45) is 4.99 Å². The van der Waals surface area contributed by atoms with E-state index in [1.54, 1.807) is 0 Å². The Morgan fingerprint density at radius 3 is 2.40 bits per heavy atom. The van der Waals surface area contributed by atoms with Crippen LogP contribution in [-0.2, 0) is 14.9 Å². The van der Waals surface area contributed by atoms with Gasteiger partial charge in [0.15, 0.2) is 5.96 Å². The number of rotatable bonds is 5. The van der Waals surface area contributed by atoms with Crippen LogP contribution < -0.4 is 5.32 Å². The molecule has 1 unspecified atom stereocenters. The molecule has 7 heteroatoms. The van der Waals surface area contributed by atoms with Gasteiger partial charge < -0.3 is 19.9 Å². The molecule has 3 fully saturated rings. The van der Waals surface area contributed by atoms with Crippen molar-refractivity contribution in [2.75, 3.05) is 45.9 Å². The number of aliphatic imine (C=N–C) groups is 1. The maximum Gasteiger partial charge on any atom is 0.251 e. The molecule has 0 radical (unpaired) electrons. The number of ether oxygens (including phenoxy) is 1. The van der Waals surface area contributed by atoms with Crippen LogP contribution in [0.1, 0.15) is 44.6 Å². The van der Waals surface area contributed by atoms with E-state index >= 15 is 0 Å². The summed E-state index contributed by atoms with van der Waals surface area (Å²) >= 11 is 0. The second kappa shape index (κ2) is 10.8. The van der Waals surface area contributed by atoms with Crippen LogP contribution in [0, 0.1) is 0 Å². The predicted octanol–water partition coefficient (Wildman–Crippen LogP) is 3.02. The summed E-state index contributed by atoms with van der Waals surface area (Å²) in [5, 5.41) is 3.47. The molecule has 3 aliphatic rings. The van der Waals surface area contributed by atoms with E-state index in [0.29, 0.717) is 0 Å². The highest BCUT2D eigenvalue weighted by Crippen LogP contribution is 2.43. The van der Waals surface area contributed by atoms with Gasteiger partial charge in [0, 0.05) is 44.7 Å². The Bertz CT molecular complexity index is 709. The Morgan fingerprint density at radius 2 is 1.83 bits per heavy atom. The first-order chi connectivity index (χ1) is 14.2. The number of piperazine rings is 1. The summed E-state index contributed by atoms with van der Waals surface area (Å²) in [5.74, 6) is 1.15. The molecule has 2 saturated heterocycles. The summed E-state index contributed by atoms with van der Waals surface area (Å²) in [7, 11) is 0. The van der Waals surface area contributed by atoms with Crippen molar-refractivity contribution in [3.8, 4) is 0 Å². The first-order valence-electron chi connectivity index (χ1n) is 11.2. The Hall–Kier alpha value is -1.35. The van der Waals surface area contributed by atoms with E-state index in [-0.39, 0.29) is 41.4 Å². The van der Waals surface area contributed by atoms with E-state index in [0.717, 1.165) is 64.7 Å². The van der Waals surface area contributed by atoms with E-state index in [4.69, 9.17) is 9.73 Å². The largest absolute Gasteiger partial charge is 0.368 e. The minimum atomic E-state index is -0.215. The number of halogens is 1. The van der Waals surface area contributed by atoms with Crippen LogP contribution >= 0.6 is 24.0 Å². The summed E-state index contributed by atoms with van der Waals surface area (Å²) < 4.78 is 5.58. The number of guanidine groups is 1. The number of benzene rings is 1. The highest BCUT2D eigenvalue weighted by Gasteiger charge is 2.38. The lowest BCUT2D eigenvalue weighted by Gasteiger charge is -2.42. The maximum absolute atomic E-state index is 12.6. The molecule has 1 N–H and O–H groups in total. The average molecular weight is 526 g/mol. The molecular weight excluding hydrogens is 491 g/mol. The molecule has 4 rings (SSSR count). The van der Waals surface area contributed by atoms with Crippen LogP contribution in [0.4, 0.5) is 0 Å². The van der Waals surface area contributed by atoms with E-state index in [1.165, 1.54) is 24.8 Å². The van der Waals surface area contributed by atoms with Gasteiger partial charge in [0.2, 0.25) is 0 Å². The van der Waals surface area contributed by atoms with Crippen LogP contribution in [0.5, 0.6) is 0 Å². The number of carbonyl (C=O) groups excluding carboxylic acids is 1. The summed E-state index contributed by atoms with van der Waals surface area (Å²) in [4.78, 5) is 21.9. The highest BCUT2D eigenvalue weighted by atomic mass is 127. The van der Waals surface area contributed by atoms with Gasteiger partial charge in [-0.1, -0.05) is 36.8 Å². The number of amides is 1. The molecule has 1 amide bonds. The molecule has 2 aliphatic heterocycles. The lowest BCUT2D eigenvalue weighted by atomic mass is 9.64. The molecule has 166 valence electrons. The van der Waals surface area contributed by atoms with Crippen molar-refractivity contribution >= 4 is 35.8 Å². The standard InChI is InChI=1S/C23H34N4O2.HI/c1-2-24-22(25-18-23(11-7-12-23)19-8-4-3-5-9-19)27-15-13-26(14-16-27)21(28)20-10-6-17-29-20;/h3-5,8-9,20H,2,6-7,10-18H2,1H3,(H,24,25);1H. The van der Waals surface area contributed by atoms with Crippen LogP contribution in [0.3, 0.4) is 0 Å². The summed E-state index contributed by atoms with van der Waals surface area (Å²) in [5.41, 5.74) is 1.61. The second-order valence-electron chi connectivity index (χ2n) is 8.48. The van der Waals surface area contributed by atoms with Gasteiger partial charge >= 0.3 is 0 Å². The van der Waals surface area contributed by atoms with Gasteiger partial charge in [0.1, 0.15) is 6.10 Å². The van der Waals surface area contributed by atoms with Gasteiger partial charge in [0.25, 0.3) is 5.91 Å². The number of hydrogen-bond acceptors (Lipinski definition) is 3. The zero-order valence-electron chi connectivity index (χ0n) is 18.0. The minimum Gasteiger partial charge on any atom is -0.368 e. The van der Waals surface area contributed by atoms with Crippen molar-refractivity contribution < 1.29 is 9.53 Å². The Kier molecular flexibility index (Phi) is 8.39. The summed E-state index contributed by atoms with van der Waals surface area (Å²) in [6.45, 7) is 7.64. The molecule has 0 aromatic heterocycles. The van der Waals surface area contributed by atoms with Crippen molar-refractivity contribution in [3.63, 3.8) is 0 Å². The number of carbonyl (C=O) groups is 1. The van der Waals surface area contributed by atoms with E-state index in [9.17, 15) is 4.79 Å². The molecule has 1 aliphatic carbocycles. The normalized spacial score (nSPS) is 23.5. The lowest BCUT2D eigenvalue weighted by molar-refractivity contribution is -0.142. The predicted molar refractivity (Wildman–Crippen MR) is 130 cm³/mol. The molecule has 0 spiro atoms. The molecule has 0 bridgehead atoms. The summed E-state index contributed by atoms with van der Waals surface area (Å²) in [6, 6.07) is 10.8. The number of nitrogens with one attached hydrogen (secondary N) is 1. The first-order valence-corrected chi connectivity index (χ1v) is 11.2. The fraction of sp³-hybridized carbons (Fsp3) is 0.652. The van der Waals surface area contributed by atoms with Gasteiger partial charge in [0.05, 0.1) is 6.54 Å². The van der Waals surface area contributed by atoms with Crippen molar-refractivity contribution in [3.05, 3.63) is 35.9 Å². The second-order valence-corrected chi connectivity index (χ2v) is 8.48. The maximum atomic E-state index is 12.6. The van der Waals surface area contributed by atoms with Gasteiger partial charge in [-0.15, -0.1) is 24.0 Å². The fourth-order valence-electron chi connectivity index (χ4n) is 4.70. The van der Waals surface area contributed by atoms with Crippen LogP contribution in [0.25, 0.3) is 0 Å². The van der Waals surface area contributed by atoms with Gasteiger partial charge in [-0.2, -0.15) is 0 Å². The van der Waals surface area contributed by atoms with Gasteiger partial charge in [-0.3, -0.25) is 9.79 Å². The fourth-order valence-corrected chi connectivity index (χ4v) is 4.70. The molecule has 1 saturated carbocycles. The minimum absolute atomic E-state index is 0. The molecule has 2 heterocycles. The topological polar surface area (TPSA) is 57.2 Å². The zero-order chi connectivity index (χ0) is 20.1. The van der Waals surface area contributed by atoms with Crippen molar-refractivity contribution in [1.29, 1.82) is 0 Å². The van der Waals surface area contributed by atoms with E-state index in [2.05, 4.69) is 47.5 Å². The third kappa shape index (κ3) is 5.10. The van der Waals surface area contributed by atoms with E-state index in [1.807, 2.05) is 4.90 Å². The average Bonchev–Trinajstić information content (AvgIpc) is 3.27. The van der Waals surface area contributed by atoms with Crippen molar-refractivity contribution in [2.45, 2.75) is 50.5 Å². The van der Waals surface area contributed by atoms with Crippen molar-refractivity contribution in [1.82, 2.24) is 15.1 Å². The molecule has 1 atom stereocenters. The SMILES string of the molecule is CCNC(=NCC1(c2ccccc2)CCC1)N1CCN(C(=O)C2CCCO2)CC1.I. The third-order valence-corrected chi connectivity index (χ3v) is 6.66. The smallest absolute Gasteiger partial charge is 0.251 e. The lowest BCUT2D eigenvalue weighted by Crippen LogP contribution is -2.55. The van der Waals surface area contributed by atoms with E-state index < -0.39 is 0 Å². The number of hydrogen-bond donors (Lipinski definition) is 1.